The fourth-order valence-corrected chi connectivity index (χ4v) is 6.79. The summed E-state index contributed by atoms with van der Waals surface area (Å²) < 4.78 is 14.1. The van der Waals surface area contributed by atoms with Crippen molar-refractivity contribution in [2.75, 3.05) is 26.2 Å². The number of aromatic nitrogens is 2. The van der Waals surface area contributed by atoms with E-state index in [1.165, 1.54) is 18.3 Å². The van der Waals surface area contributed by atoms with Gasteiger partial charge in [-0.15, -0.1) is 11.3 Å². The minimum absolute atomic E-state index is 0.106. The summed E-state index contributed by atoms with van der Waals surface area (Å²) in [6.45, 7) is 3.95. The van der Waals surface area contributed by atoms with Crippen LogP contribution in [0, 0.1) is 0 Å². The second-order valence-electron chi connectivity index (χ2n) is 12.8. The van der Waals surface area contributed by atoms with Gasteiger partial charge in [-0.1, -0.05) is 30.3 Å². The van der Waals surface area contributed by atoms with Crippen LogP contribution >= 0.6 is 11.3 Å². The number of benzene rings is 2. The number of carbonyl (C=O) groups is 5. The Labute approximate surface area is 298 Å². The van der Waals surface area contributed by atoms with E-state index in [1.54, 1.807) is 36.1 Å². The second kappa shape index (κ2) is 15.6. The number of rotatable bonds is 4. The molecule has 2 aromatic carbocycles. The molecule has 2 aromatic heterocycles. The molecule has 1 fully saturated rings. The predicted molar refractivity (Wildman–Crippen MR) is 188 cm³/mol. The molecule has 14 nitrogen and oxygen atoms in total. The molecule has 0 aliphatic carbocycles. The molecule has 3 aliphatic rings. The van der Waals surface area contributed by atoms with Gasteiger partial charge in [0.05, 0.1) is 18.7 Å². The van der Waals surface area contributed by atoms with Gasteiger partial charge >= 0.3 is 0 Å². The molecule has 51 heavy (non-hydrogen) atoms. The number of nitrogens with one attached hydrogen (secondary N) is 4. The van der Waals surface area contributed by atoms with Crippen molar-refractivity contribution in [3.8, 4) is 11.5 Å². The monoisotopic (exact) mass is 715 g/mol. The van der Waals surface area contributed by atoms with Crippen molar-refractivity contribution in [3.05, 3.63) is 83.6 Å². The number of nitrogens with zero attached hydrogens (tertiary/aromatic N) is 3. The zero-order valence-corrected chi connectivity index (χ0v) is 29.2. The van der Waals surface area contributed by atoms with Gasteiger partial charge in [-0.2, -0.15) is 0 Å². The molecular weight excluding hydrogens is 675 g/mol. The van der Waals surface area contributed by atoms with E-state index in [0.29, 0.717) is 17.2 Å². The first kappa shape index (κ1) is 35.4. The van der Waals surface area contributed by atoms with Gasteiger partial charge in [0.1, 0.15) is 36.2 Å². The summed E-state index contributed by atoms with van der Waals surface area (Å²) in [4.78, 5) is 74.1. The Morgan fingerprint density at radius 3 is 2.33 bits per heavy atom. The summed E-state index contributed by atoms with van der Waals surface area (Å²) in [7, 11) is 0. The third kappa shape index (κ3) is 8.66. The van der Waals surface area contributed by atoms with E-state index in [4.69, 9.17) is 9.47 Å². The van der Waals surface area contributed by atoms with Gasteiger partial charge in [0.2, 0.25) is 23.6 Å². The standard InChI is InChI=1S/C36H41N7O7S/c1-23-31(45)37-14-18-49-27-8-10-28(11-9-27)50-36(12-15-42(16-13-36)30(44)21-26-22-43-17-19-51-35(43)40-26)34(48)39-24(2)32(46)41-29(33(47)38-23)20-25-6-4-3-5-7-25/h3-11,17,19,22-24,29H,12-16,18,20-21H2,1-2H3,(H,37,45)(H,38,47)(H,39,48)(H,41,46)/t23-,24-,29-/m0/s1. The van der Waals surface area contributed by atoms with E-state index in [0.717, 1.165) is 10.5 Å². The number of hydrogen-bond donors (Lipinski definition) is 4. The fraction of sp³-hybridized carbons (Fsp3) is 0.389. The smallest absolute Gasteiger partial charge is 0.264 e. The molecule has 5 heterocycles. The number of ether oxygens (including phenoxy) is 2. The highest BCUT2D eigenvalue weighted by molar-refractivity contribution is 7.15. The average molecular weight is 716 g/mol. The van der Waals surface area contributed by atoms with E-state index in [2.05, 4.69) is 26.3 Å². The van der Waals surface area contributed by atoms with E-state index < -0.39 is 47.4 Å². The fourth-order valence-electron chi connectivity index (χ4n) is 6.08. The van der Waals surface area contributed by atoms with Gasteiger partial charge in [0.25, 0.3) is 5.91 Å². The maximum absolute atomic E-state index is 14.1. The number of imidazole rings is 1. The molecule has 3 aliphatic heterocycles. The number of likely N-dealkylation sites (tertiary alicyclic amines) is 1. The molecule has 7 rings (SSSR count). The molecule has 4 N–H and O–H groups in total. The van der Waals surface area contributed by atoms with E-state index in [9.17, 15) is 24.0 Å². The normalized spacial score (nSPS) is 21.9. The molecular formula is C36H41N7O7S. The van der Waals surface area contributed by atoms with Crippen molar-refractivity contribution in [2.45, 2.75) is 63.3 Å². The third-order valence-corrected chi connectivity index (χ3v) is 9.80. The largest absolute Gasteiger partial charge is 0.492 e. The van der Waals surface area contributed by atoms with Gasteiger partial charge in [-0.05, 0) is 43.7 Å². The number of piperidine rings is 1. The molecule has 2 bridgehead atoms. The van der Waals surface area contributed by atoms with Gasteiger partial charge in [0, 0.05) is 50.1 Å². The summed E-state index contributed by atoms with van der Waals surface area (Å²) in [5.74, 6) is -1.24. The molecule has 4 aromatic rings. The van der Waals surface area contributed by atoms with Crippen LogP contribution < -0.4 is 30.7 Å². The Morgan fingerprint density at radius 1 is 0.902 bits per heavy atom. The van der Waals surface area contributed by atoms with Crippen LogP contribution in [0.5, 0.6) is 11.5 Å². The van der Waals surface area contributed by atoms with Crippen LogP contribution in [0.25, 0.3) is 4.96 Å². The van der Waals surface area contributed by atoms with Crippen LogP contribution in [-0.2, 0) is 36.8 Å². The topological polar surface area (TPSA) is 172 Å². The van der Waals surface area contributed by atoms with Crippen LogP contribution in [-0.4, -0.2) is 93.8 Å². The van der Waals surface area contributed by atoms with Crippen molar-refractivity contribution in [2.24, 2.45) is 0 Å². The van der Waals surface area contributed by atoms with Crippen molar-refractivity contribution >= 4 is 45.8 Å². The first-order valence-electron chi connectivity index (χ1n) is 16.9. The summed E-state index contributed by atoms with van der Waals surface area (Å²) >= 11 is 1.49. The molecule has 3 atom stereocenters. The Hall–Kier alpha value is -5.44. The molecule has 1 spiro atoms. The lowest BCUT2D eigenvalue weighted by atomic mass is 9.89. The maximum Gasteiger partial charge on any atom is 0.264 e. The first-order chi connectivity index (χ1) is 24.6. The number of carbonyl (C=O) groups excluding carboxylic acids is 5. The van der Waals surface area contributed by atoms with Crippen molar-refractivity contribution < 1.29 is 33.4 Å². The highest BCUT2D eigenvalue weighted by atomic mass is 32.1. The van der Waals surface area contributed by atoms with Gasteiger partial charge in [0.15, 0.2) is 10.6 Å². The Morgan fingerprint density at radius 2 is 1.61 bits per heavy atom. The van der Waals surface area contributed by atoms with Crippen molar-refractivity contribution in [1.82, 2.24) is 35.6 Å². The van der Waals surface area contributed by atoms with Crippen LogP contribution in [0.2, 0.25) is 0 Å². The highest BCUT2D eigenvalue weighted by Crippen LogP contribution is 2.31. The van der Waals surface area contributed by atoms with Crippen molar-refractivity contribution in [1.29, 1.82) is 0 Å². The van der Waals surface area contributed by atoms with Crippen LogP contribution in [0.15, 0.2) is 72.4 Å². The van der Waals surface area contributed by atoms with Gasteiger partial charge in [-0.25, -0.2) is 4.98 Å². The molecule has 0 unspecified atom stereocenters. The molecule has 15 heteroatoms. The van der Waals surface area contributed by atoms with Crippen LogP contribution in [0.1, 0.15) is 37.9 Å². The quantitative estimate of drug-likeness (QED) is 0.231. The maximum atomic E-state index is 14.1. The number of amides is 5. The van der Waals surface area contributed by atoms with Gasteiger partial charge < -0.3 is 35.6 Å². The Kier molecular flexibility index (Phi) is 10.8. The summed E-state index contributed by atoms with van der Waals surface area (Å²) in [6.07, 6.45) is 4.36. The SMILES string of the molecule is C[C@@H]1NC(=O)[C@H](Cc2ccccc2)NC(=O)[C@H](C)NC(=O)C2(CCN(C(=O)Cc3cn4ccsc4n3)CC2)Oc2ccc(cc2)OCCNC1=O. The lowest BCUT2D eigenvalue weighted by Gasteiger charge is -2.41. The number of hydrogen-bond acceptors (Lipinski definition) is 9. The van der Waals surface area contributed by atoms with Crippen LogP contribution in [0.3, 0.4) is 0 Å². The minimum Gasteiger partial charge on any atom is -0.492 e. The highest BCUT2D eigenvalue weighted by Gasteiger charge is 2.45. The molecule has 0 radical (unpaired) electrons. The summed E-state index contributed by atoms with van der Waals surface area (Å²) in [5, 5.41) is 12.9. The molecule has 0 saturated carbocycles. The van der Waals surface area contributed by atoms with Crippen LogP contribution in [0.4, 0.5) is 0 Å². The second-order valence-corrected chi connectivity index (χ2v) is 13.6. The zero-order valence-electron chi connectivity index (χ0n) is 28.4. The third-order valence-electron chi connectivity index (χ3n) is 9.03. The van der Waals surface area contributed by atoms with E-state index >= 15 is 0 Å². The summed E-state index contributed by atoms with van der Waals surface area (Å²) in [5.41, 5.74) is 0.0684. The lowest BCUT2D eigenvalue weighted by molar-refractivity contribution is -0.147. The van der Waals surface area contributed by atoms with Gasteiger partial charge in [-0.3, -0.25) is 28.4 Å². The Balaban J connectivity index is 1.20. The first-order valence-corrected chi connectivity index (χ1v) is 17.8. The zero-order chi connectivity index (χ0) is 36.0. The van der Waals surface area contributed by atoms with E-state index in [-0.39, 0.29) is 57.8 Å². The minimum atomic E-state index is -1.40. The lowest BCUT2D eigenvalue weighted by Crippen LogP contribution is -2.61. The molecule has 1 saturated heterocycles. The number of thiazole rings is 1. The Bertz CT molecular complexity index is 1840. The van der Waals surface area contributed by atoms with Crippen molar-refractivity contribution in [3.63, 3.8) is 0 Å². The predicted octanol–water partition coefficient (Wildman–Crippen LogP) is 1.62. The molecule has 268 valence electrons. The molecule has 5 amide bonds. The summed E-state index contributed by atoms with van der Waals surface area (Å²) in [6, 6.07) is 13.0. The number of fused-ring (bicyclic) bond motifs is 16. The average Bonchev–Trinajstić information content (AvgIpc) is 3.73. The van der Waals surface area contributed by atoms with E-state index in [1.807, 2.05) is 52.5 Å².